The van der Waals surface area contributed by atoms with Crippen molar-refractivity contribution in [2.24, 2.45) is 0 Å². The van der Waals surface area contributed by atoms with E-state index in [9.17, 15) is 9.59 Å². The maximum Gasteiger partial charge on any atom is 0.341 e. The first-order valence-electron chi connectivity index (χ1n) is 6.53. The number of carbonyl (C=O) groups is 2. The Morgan fingerprint density at radius 1 is 1.27 bits per heavy atom. The van der Waals surface area contributed by atoms with Crippen molar-refractivity contribution in [3.8, 4) is 5.75 Å². The quantitative estimate of drug-likeness (QED) is 0.562. The maximum atomic E-state index is 11.9. The van der Waals surface area contributed by atoms with Crippen LogP contribution in [-0.4, -0.2) is 25.1 Å². The number of halogens is 1. The van der Waals surface area contributed by atoms with Crippen molar-refractivity contribution < 1.29 is 19.1 Å². The number of thiophene rings is 1. The molecule has 1 aromatic carbocycles. The third kappa shape index (κ3) is 4.44. The summed E-state index contributed by atoms with van der Waals surface area (Å²) in [6, 6.07) is 9.05. The van der Waals surface area contributed by atoms with Crippen molar-refractivity contribution in [2.75, 3.05) is 18.5 Å². The Labute approximate surface area is 145 Å². The Morgan fingerprint density at radius 3 is 2.77 bits per heavy atom. The monoisotopic (exact) mass is 431 g/mol. The summed E-state index contributed by atoms with van der Waals surface area (Å²) in [5.74, 6) is -0.125. The maximum absolute atomic E-state index is 11.9. The second-order valence-corrected chi connectivity index (χ2v) is 6.23. The summed E-state index contributed by atoms with van der Waals surface area (Å²) in [5, 5.41) is 4.86. The van der Waals surface area contributed by atoms with Crippen LogP contribution < -0.4 is 10.1 Å². The number of para-hydroxylation sites is 1. The largest absolute Gasteiger partial charge is 0.483 e. The highest BCUT2D eigenvalue weighted by molar-refractivity contribution is 14.1. The van der Waals surface area contributed by atoms with E-state index in [1.807, 2.05) is 18.2 Å². The van der Waals surface area contributed by atoms with Gasteiger partial charge in [0.25, 0.3) is 5.91 Å². The van der Waals surface area contributed by atoms with E-state index >= 15 is 0 Å². The Kier molecular flexibility index (Phi) is 6.20. The highest BCUT2D eigenvalue weighted by atomic mass is 127. The number of ether oxygens (including phenoxy) is 2. The molecule has 0 atom stereocenters. The fraction of sp³-hybridized carbons (Fsp3) is 0.200. The van der Waals surface area contributed by atoms with Crippen molar-refractivity contribution in [3.05, 3.63) is 44.8 Å². The van der Waals surface area contributed by atoms with E-state index in [-0.39, 0.29) is 19.1 Å². The number of nitrogens with one attached hydrogen (secondary N) is 1. The fourth-order valence-corrected chi connectivity index (χ4v) is 2.98. The summed E-state index contributed by atoms with van der Waals surface area (Å²) >= 11 is 3.40. The summed E-state index contributed by atoms with van der Waals surface area (Å²) in [6.07, 6.45) is 0. The molecule has 0 aliphatic rings. The van der Waals surface area contributed by atoms with Gasteiger partial charge in [-0.15, -0.1) is 11.3 Å². The lowest BCUT2D eigenvalue weighted by Gasteiger charge is -2.09. The van der Waals surface area contributed by atoms with Gasteiger partial charge in [-0.05, 0) is 53.1 Å². The second kappa shape index (κ2) is 8.14. The number of anilines is 1. The predicted molar refractivity (Wildman–Crippen MR) is 93.6 cm³/mol. The lowest BCUT2D eigenvalue weighted by molar-refractivity contribution is -0.118. The van der Waals surface area contributed by atoms with E-state index < -0.39 is 5.97 Å². The van der Waals surface area contributed by atoms with Crippen LogP contribution in [0.2, 0.25) is 0 Å². The lowest BCUT2D eigenvalue weighted by Crippen LogP contribution is -2.21. The molecule has 116 valence electrons. The zero-order valence-electron chi connectivity index (χ0n) is 11.8. The molecule has 2 rings (SSSR count). The smallest absolute Gasteiger partial charge is 0.341 e. The van der Waals surface area contributed by atoms with Crippen molar-refractivity contribution in [2.45, 2.75) is 6.92 Å². The van der Waals surface area contributed by atoms with Gasteiger partial charge in [0.05, 0.1) is 15.7 Å². The first-order valence-corrected chi connectivity index (χ1v) is 8.49. The minimum absolute atomic E-state index is 0.125. The third-order valence-electron chi connectivity index (χ3n) is 2.61. The number of hydrogen-bond donors (Lipinski definition) is 1. The molecule has 0 saturated carbocycles. The molecule has 7 heteroatoms. The summed E-state index contributed by atoms with van der Waals surface area (Å²) in [7, 11) is 0. The third-order valence-corrected chi connectivity index (χ3v) is 4.33. The molecule has 5 nitrogen and oxygen atoms in total. The number of benzene rings is 1. The van der Waals surface area contributed by atoms with Gasteiger partial charge in [-0.2, -0.15) is 0 Å². The van der Waals surface area contributed by atoms with Gasteiger partial charge in [0.2, 0.25) is 0 Å². The molecule has 1 heterocycles. The zero-order chi connectivity index (χ0) is 15.9. The van der Waals surface area contributed by atoms with E-state index in [0.29, 0.717) is 16.3 Å². The lowest BCUT2D eigenvalue weighted by atomic mass is 10.3. The van der Waals surface area contributed by atoms with E-state index in [1.54, 1.807) is 24.4 Å². The molecule has 0 aliphatic carbocycles. The summed E-state index contributed by atoms with van der Waals surface area (Å²) in [5.41, 5.74) is 0.356. The van der Waals surface area contributed by atoms with Gasteiger partial charge in [-0.25, -0.2) is 4.79 Å². The Balaban J connectivity index is 1.94. The number of rotatable bonds is 6. The zero-order valence-corrected chi connectivity index (χ0v) is 14.8. The van der Waals surface area contributed by atoms with E-state index in [2.05, 4.69) is 27.9 Å². The number of esters is 1. The van der Waals surface area contributed by atoms with Crippen LogP contribution in [-0.2, 0) is 9.53 Å². The molecule has 0 unspecified atom stereocenters. The second-order valence-electron chi connectivity index (χ2n) is 4.15. The fourth-order valence-electron chi connectivity index (χ4n) is 1.64. The average molecular weight is 431 g/mol. The Hall–Kier alpha value is -1.61. The number of amides is 1. The molecule has 22 heavy (non-hydrogen) atoms. The molecular weight excluding hydrogens is 417 g/mol. The molecular formula is C15H14INO4S. The minimum atomic E-state index is -0.447. The normalized spacial score (nSPS) is 10.1. The molecule has 0 aliphatic heterocycles. The number of carbonyl (C=O) groups excluding carboxylic acids is 2. The average Bonchev–Trinajstić information content (AvgIpc) is 2.95. The molecule has 1 N–H and O–H groups in total. The molecule has 0 spiro atoms. The predicted octanol–water partition coefficient (Wildman–Crippen LogP) is 3.55. The van der Waals surface area contributed by atoms with Gasteiger partial charge in [0, 0.05) is 0 Å². The summed E-state index contributed by atoms with van der Waals surface area (Å²) < 4.78 is 11.3. The van der Waals surface area contributed by atoms with Gasteiger partial charge in [-0.3, -0.25) is 4.79 Å². The van der Waals surface area contributed by atoms with Gasteiger partial charge >= 0.3 is 5.97 Å². The Bertz CT molecular complexity index is 671. The first-order chi connectivity index (χ1) is 10.6. The highest BCUT2D eigenvalue weighted by Gasteiger charge is 2.16. The van der Waals surface area contributed by atoms with Crippen LogP contribution in [0, 0.1) is 3.57 Å². The van der Waals surface area contributed by atoms with Crippen molar-refractivity contribution in [1.29, 1.82) is 0 Å². The van der Waals surface area contributed by atoms with Gasteiger partial charge in [0.15, 0.2) is 6.61 Å². The van der Waals surface area contributed by atoms with Crippen LogP contribution >= 0.6 is 33.9 Å². The highest BCUT2D eigenvalue weighted by Crippen LogP contribution is 2.24. The molecule has 1 amide bonds. The first kappa shape index (κ1) is 16.8. The van der Waals surface area contributed by atoms with Crippen LogP contribution in [0.3, 0.4) is 0 Å². The molecule has 0 saturated heterocycles. The standard InChI is InChI=1S/C15H14INO4S/c1-2-20-15(19)10-7-8-22-14(10)17-13(18)9-21-12-6-4-3-5-11(12)16/h3-8H,2,9H2,1H3,(H,17,18). The van der Waals surface area contributed by atoms with Crippen molar-refractivity contribution >= 4 is 50.8 Å². The van der Waals surface area contributed by atoms with E-state index in [4.69, 9.17) is 9.47 Å². The van der Waals surface area contributed by atoms with Gasteiger partial charge in [0.1, 0.15) is 10.8 Å². The minimum Gasteiger partial charge on any atom is -0.483 e. The summed E-state index contributed by atoms with van der Waals surface area (Å²) in [6.45, 7) is 1.90. The molecule has 0 fully saturated rings. The Morgan fingerprint density at radius 2 is 2.05 bits per heavy atom. The molecule has 1 aromatic heterocycles. The van der Waals surface area contributed by atoms with Crippen LogP contribution in [0.15, 0.2) is 35.7 Å². The van der Waals surface area contributed by atoms with Crippen molar-refractivity contribution in [1.82, 2.24) is 0 Å². The summed E-state index contributed by atoms with van der Waals surface area (Å²) in [4.78, 5) is 23.7. The van der Waals surface area contributed by atoms with Crippen LogP contribution in [0.1, 0.15) is 17.3 Å². The molecule has 2 aromatic rings. The SMILES string of the molecule is CCOC(=O)c1ccsc1NC(=O)COc1ccccc1I. The van der Waals surface area contributed by atoms with Gasteiger partial charge < -0.3 is 14.8 Å². The molecule has 0 bridgehead atoms. The van der Waals surface area contributed by atoms with E-state index in [0.717, 1.165) is 3.57 Å². The number of hydrogen-bond acceptors (Lipinski definition) is 5. The topological polar surface area (TPSA) is 64.6 Å². The van der Waals surface area contributed by atoms with Crippen LogP contribution in [0.25, 0.3) is 0 Å². The molecule has 0 radical (unpaired) electrons. The van der Waals surface area contributed by atoms with Gasteiger partial charge in [-0.1, -0.05) is 12.1 Å². The van der Waals surface area contributed by atoms with Crippen LogP contribution in [0.5, 0.6) is 5.75 Å². The van der Waals surface area contributed by atoms with Crippen LogP contribution in [0.4, 0.5) is 5.00 Å². The van der Waals surface area contributed by atoms with Crippen molar-refractivity contribution in [3.63, 3.8) is 0 Å². The van der Waals surface area contributed by atoms with E-state index in [1.165, 1.54) is 11.3 Å².